The van der Waals surface area contributed by atoms with E-state index in [2.05, 4.69) is 29.5 Å². The molecule has 0 heterocycles. The molecule has 116 valence electrons. The lowest BCUT2D eigenvalue weighted by molar-refractivity contribution is -0.384. The summed E-state index contributed by atoms with van der Waals surface area (Å²) in [5.41, 5.74) is 4.42. The van der Waals surface area contributed by atoms with Crippen LogP contribution in [0.2, 0.25) is 0 Å². The third-order valence-corrected chi connectivity index (χ3v) is 3.70. The molecule has 0 saturated heterocycles. The zero-order valence-electron chi connectivity index (χ0n) is 12.3. The first-order valence-electron chi connectivity index (χ1n) is 6.79. The zero-order chi connectivity index (χ0) is 14.5. The lowest BCUT2D eigenvalue weighted by Gasteiger charge is -2.28. The fraction of sp³-hybridized carbons (Fsp3) is 0.500. The minimum absolute atomic E-state index is 0. The van der Waals surface area contributed by atoms with E-state index in [1.807, 2.05) is 0 Å². The van der Waals surface area contributed by atoms with E-state index >= 15 is 0 Å². The first kappa shape index (κ1) is 17.4. The number of anilines is 1. The first-order chi connectivity index (χ1) is 9.58. The maximum Gasteiger partial charge on any atom is 0.294 e. The Balaban J connectivity index is 0.00000220. The Morgan fingerprint density at radius 3 is 2.48 bits per heavy atom. The van der Waals surface area contributed by atoms with Gasteiger partial charge in [0.2, 0.25) is 0 Å². The smallest absolute Gasteiger partial charge is 0.294 e. The Morgan fingerprint density at radius 1 is 1.29 bits per heavy atom. The number of rotatable bonds is 4. The molecule has 2 rings (SSSR count). The largest absolute Gasteiger partial charge is 0.306 e. The maximum atomic E-state index is 10.9. The van der Waals surface area contributed by atoms with Crippen LogP contribution in [-0.2, 0) is 0 Å². The minimum Gasteiger partial charge on any atom is -0.306 e. The molecule has 21 heavy (non-hydrogen) atoms. The van der Waals surface area contributed by atoms with Gasteiger partial charge in [-0.3, -0.25) is 15.5 Å². The highest BCUT2D eigenvalue weighted by Crippen LogP contribution is 2.24. The van der Waals surface area contributed by atoms with E-state index in [-0.39, 0.29) is 18.1 Å². The van der Waals surface area contributed by atoms with Crippen molar-refractivity contribution >= 4 is 29.5 Å². The maximum absolute atomic E-state index is 10.9. The monoisotopic (exact) mass is 312 g/mol. The van der Waals surface area contributed by atoms with Crippen LogP contribution >= 0.6 is 12.4 Å². The molecule has 0 spiro atoms. The zero-order valence-corrected chi connectivity index (χ0v) is 13.1. The van der Waals surface area contributed by atoms with E-state index in [4.69, 9.17) is 0 Å². The predicted octanol–water partition coefficient (Wildman–Crippen LogP) is 3.29. The SMILES string of the molecule is CN(C)C1CCC(=NNc2ccccc2[N+](=O)[O-])CC1.Cl. The van der Waals surface area contributed by atoms with Crippen molar-refractivity contribution < 1.29 is 4.92 Å². The van der Waals surface area contributed by atoms with E-state index in [1.165, 1.54) is 6.07 Å². The summed E-state index contributed by atoms with van der Waals surface area (Å²) in [5, 5.41) is 15.2. The number of para-hydroxylation sites is 2. The van der Waals surface area contributed by atoms with Gasteiger partial charge in [-0.25, -0.2) is 0 Å². The van der Waals surface area contributed by atoms with Crippen LogP contribution in [0.5, 0.6) is 0 Å². The number of nitrogens with one attached hydrogen (secondary N) is 1. The Bertz CT molecular complexity index is 509. The van der Waals surface area contributed by atoms with E-state index in [1.54, 1.807) is 18.2 Å². The van der Waals surface area contributed by atoms with Gasteiger partial charge in [-0.15, -0.1) is 12.4 Å². The topological polar surface area (TPSA) is 70.8 Å². The molecule has 1 aromatic rings. The number of nitro groups is 1. The van der Waals surface area contributed by atoms with Crippen molar-refractivity contribution in [3.05, 3.63) is 34.4 Å². The molecule has 1 fully saturated rings. The third kappa shape index (κ3) is 4.68. The van der Waals surface area contributed by atoms with Gasteiger partial charge in [0.05, 0.1) is 4.92 Å². The van der Waals surface area contributed by atoms with Gasteiger partial charge in [0.1, 0.15) is 5.69 Å². The Hall–Kier alpha value is -1.66. The van der Waals surface area contributed by atoms with Crippen LogP contribution in [0.25, 0.3) is 0 Å². The van der Waals surface area contributed by atoms with Gasteiger partial charge in [0, 0.05) is 17.8 Å². The molecule has 0 atom stereocenters. The van der Waals surface area contributed by atoms with E-state index in [0.29, 0.717) is 11.7 Å². The van der Waals surface area contributed by atoms with Crippen molar-refractivity contribution in [2.45, 2.75) is 31.7 Å². The molecule has 0 unspecified atom stereocenters. The summed E-state index contributed by atoms with van der Waals surface area (Å²) in [4.78, 5) is 12.7. The molecule has 1 aliphatic rings. The van der Waals surface area contributed by atoms with Crippen LogP contribution in [0.3, 0.4) is 0 Å². The van der Waals surface area contributed by atoms with Gasteiger partial charge in [0.15, 0.2) is 0 Å². The summed E-state index contributed by atoms with van der Waals surface area (Å²) in [6.07, 6.45) is 4.06. The minimum atomic E-state index is -0.397. The molecule has 7 heteroatoms. The molecule has 0 aromatic heterocycles. The Kier molecular flexibility index (Phi) is 6.58. The van der Waals surface area contributed by atoms with Crippen molar-refractivity contribution in [3.63, 3.8) is 0 Å². The first-order valence-corrected chi connectivity index (χ1v) is 6.79. The van der Waals surface area contributed by atoms with Gasteiger partial charge < -0.3 is 4.90 Å². The summed E-state index contributed by atoms with van der Waals surface area (Å²) >= 11 is 0. The van der Waals surface area contributed by atoms with Crippen molar-refractivity contribution in [3.8, 4) is 0 Å². The Morgan fingerprint density at radius 2 is 1.90 bits per heavy atom. The second-order valence-electron chi connectivity index (χ2n) is 5.26. The quantitative estimate of drug-likeness (QED) is 0.684. The lowest BCUT2D eigenvalue weighted by Crippen LogP contribution is -2.32. The summed E-state index contributed by atoms with van der Waals surface area (Å²) in [7, 11) is 4.19. The molecule has 6 nitrogen and oxygen atoms in total. The number of hydrogen-bond acceptors (Lipinski definition) is 5. The number of halogens is 1. The second kappa shape index (κ2) is 7.95. The molecule has 0 radical (unpaired) electrons. The van der Waals surface area contributed by atoms with Crippen LogP contribution in [0, 0.1) is 10.1 Å². The molecular weight excluding hydrogens is 292 g/mol. The van der Waals surface area contributed by atoms with E-state index in [9.17, 15) is 10.1 Å². The van der Waals surface area contributed by atoms with Crippen molar-refractivity contribution in [2.24, 2.45) is 5.10 Å². The molecule has 0 aliphatic heterocycles. The molecule has 1 aliphatic carbocycles. The van der Waals surface area contributed by atoms with Crippen LogP contribution in [0.15, 0.2) is 29.4 Å². The molecule has 1 N–H and O–H groups in total. The van der Waals surface area contributed by atoms with Crippen LogP contribution < -0.4 is 5.43 Å². The van der Waals surface area contributed by atoms with Crippen LogP contribution in [0.1, 0.15) is 25.7 Å². The van der Waals surface area contributed by atoms with E-state index < -0.39 is 4.92 Å². The molecule has 1 saturated carbocycles. The van der Waals surface area contributed by atoms with Crippen LogP contribution in [-0.4, -0.2) is 35.7 Å². The number of hydrogen-bond donors (Lipinski definition) is 1. The average molecular weight is 313 g/mol. The Labute approximate surface area is 130 Å². The molecule has 1 aromatic carbocycles. The summed E-state index contributed by atoms with van der Waals surface area (Å²) in [5.74, 6) is 0. The van der Waals surface area contributed by atoms with Crippen molar-refractivity contribution in [2.75, 3.05) is 19.5 Å². The fourth-order valence-corrected chi connectivity index (χ4v) is 2.43. The number of nitrogens with zero attached hydrogens (tertiary/aromatic N) is 3. The fourth-order valence-electron chi connectivity index (χ4n) is 2.43. The van der Waals surface area contributed by atoms with Gasteiger partial charge in [0.25, 0.3) is 5.69 Å². The highest BCUT2D eigenvalue weighted by molar-refractivity contribution is 5.86. The average Bonchev–Trinajstić information content (AvgIpc) is 2.45. The normalized spacial score (nSPS) is 18.0. The van der Waals surface area contributed by atoms with Gasteiger partial charge in [-0.2, -0.15) is 5.10 Å². The number of hydrazone groups is 1. The highest BCUT2D eigenvalue weighted by atomic mass is 35.5. The molecular formula is C14H21ClN4O2. The molecule has 0 amide bonds. The summed E-state index contributed by atoms with van der Waals surface area (Å²) in [6, 6.07) is 7.18. The summed E-state index contributed by atoms with van der Waals surface area (Å²) < 4.78 is 0. The third-order valence-electron chi connectivity index (χ3n) is 3.70. The van der Waals surface area contributed by atoms with Crippen molar-refractivity contribution in [1.29, 1.82) is 0 Å². The number of nitro benzene ring substituents is 1. The van der Waals surface area contributed by atoms with Gasteiger partial charge in [-0.1, -0.05) is 12.1 Å². The highest BCUT2D eigenvalue weighted by Gasteiger charge is 2.19. The van der Waals surface area contributed by atoms with Crippen LogP contribution in [0.4, 0.5) is 11.4 Å². The second-order valence-corrected chi connectivity index (χ2v) is 5.26. The van der Waals surface area contributed by atoms with E-state index in [0.717, 1.165) is 31.4 Å². The van der Waals surface area contributed by atoms with Crippen molar-refractivity contribution in [1.82, 2.24) is 4.90 Å². The molecule has 0 bridgehead atoms. The summed E-state index contributed by atoms with van der Waals surface area (Å²) in [6.45, 7) is 0. The van der Waals surface area contributed by atoms with Gasteiger partial charge in [-0.05, 0) is 45.8 Å². The lowest BCUT2D eigenvalue weighted by atomic mass is 9.93. The predicted molar refractivity (Wildman–Crippen MR) is 87.3 cm³/mol. The van der Waals surface area contributed by atoms with Gasteiger partial charge >= 0.3 is 0 Å². The standard InChI is InChI=1S/C14H20N4O2.ClH/c1-17(2)12-9-7-11(8-10-12)15-16-13-5-3-4-6-14(13)18(19)20;/h3-6,12,16H,7-10H2,1-2H3;1H. The number of benzene rings is 1.